The molecule has 0 bridgehead atoms. The quantitative estimate of drug-likeness (QED) is 0.687. The molecule has 0 saturated heterocycles. The lowest BCUT2D eigenvalue weighted by Gasteiger charge is -2.00. The van der Waals surface area contributed by atoms with Crippen molar-refractivity contribution in [2.45, 2.75) is 13.5 Å². The van der Waals surface area contributed by atoms with Gasteiger partial charge in [0.25, 0.3) is 5.56 Å². The molecule has 1 rings (SSSR count). The van der Waals surface area contributed by atoms with E-state index in [1.54, 1.807) is 16.8 Å². The van der Waals surface area contributed by atoms with Gasteiger partial charge < -0.3 is 10.3 Å². The zero-order valence-corrected chi connectivity index (χ0v) is 7.10. The summed E-state index contributed by atoms with van der Waals surface area (Å²) in [4.78, 5) is 10.9. The van der Waals surface area contributed by atoms with Gasteiger partial charge in [-0.1, -0.05) is 0 Å². The fourth-order valence-corrected chi connectivity index (χ4v) is 0.797. The maximum Gasteiger partial charge on any atom is 0.250 e. The first-order chi connectivity index (χ1) is 4.74. The molecule has 0 aliphatic carbocycles. The zero-order valence-electron chi connectivity index (χ0n) is 6.28. The van der Waals surface area contributed by atoms with Gasteiger partial charge in [-0.05, 0) is 13.0 Å². The average molecular weight is 175 g/mol. The smallest absolute Gasteiger partial charge is 0.250 e. The molecule has 0 atom stereocenters. The van der Waals surface area contributed by atoms with E-state index in [1.165, 1.54) is 6.07 Å². The Kier molecular flexibility index (Phi) is 3.68. The maximum atomic E-state index is 10.9. The molecule has 62 valence electrons. The van der Waals surface area contributed by atoms with E-state index in [0.29, 0.717) is 12.2 Å². The third kappa shape index (κ3) is 2.27. The van der Waals surface area contributed by atoms with Gasteiger partial charge in [-0.3, -0.25) is 4.79 Å². The summed E-state index contributed by atoms with van der Waals surface area (Å²) in [5.74, 6) is 0. The monoisotopic (exact) mass is 174 g/mol. The Morgan fingerprint density at radius 2 is 2.18 bits per heavy atom. The van der Waals surface area contributed by atoms with Crippen LogP contribution in [0.5, 0.6) is 0 Å². The van der Waals surface area contributed by atoms with Crippen LogP contribution in [0.1, 0.15) is 6.92 Å². The summed E-state index contributed by atoms with van der Waals surface area (Å²) in [6, 6.07) is 3.08. The molecular weight excluding hydrogens is 164 g/mol. The van der Waals surface area contributed by atoms with Gasteiger partial charge in [0.1, 0.15) is 0 Å². The van der Waals surface area contributed by atoms with Gasteiger partial charge in [-0.25, -0.2) is 0 Å². The molecule has 2 N–H and O–H groups in total. The van der Waals surface area contributed by atoms with E-state index in [1.807, 2.05) is 6.92 Å². The second-order valence-corrected chi connectivity index (χ2v) is 2.09. The highest BCUT2D eigenvalue weighted by molar-refractivity contribution is 5.85. The van der Waals surface area contributed by atoms with Crippen LogP contribution < -0.4 is 11.3 Å². The van der Waals surface area contributed by atoms with Gasteiger partial charge in [-0.2, -0.15) is 0 Å². The molecule has 3 nitrogen and oxygen atoms in total. The van der Waals surface area contributed by atoms with Gasteiger partial charge in [-0.15, -0.1) is 12.4 Å². The van der Waals surface area contributed by atoms with Crippen LogP contribution in [0, 0.1) is 0 Å². The van der Waals surface area contributed by atoms with Crippen molar-refractivity contribution in [2.24, 2.45) is 0 Å². The Morgan fingerprint density at radius 1 is 1.55 bits per heavy atom. The SMILES string of the molecule is CCn1cc(N)ccc1=O.Cl. The first-order valence-corrected chi connectivity index (χ1v) is 3.20. The molecule has 0 aliphatic rings. The van der Waals surface area contributed by atoms with E-state index >= 15 is 0 Å². The standard InChI is InChI=1S/C7H10N2O.ClH/c1-2-9-5-6(8)3-4-7(9)10;/h3-5H,2,8H2,1H3;1H. The number of aromatic nitrogens is 1. The van der Waals surface area contributed by atoms with Crippen molar-refractivity contribution in [3.63, 3.8) is 0 Å². The molecule has 4 heteroatoms. The van der Waals surface area contributed by atoms with Gasteiger partial charge in [0.15, 0.2) is 0 Å². The first kappa shape index (κ1) is 10.0. The number of aryl methyl sites for hydroxylation is 1. The summed E-state index contributed by atoms with van der Waals surface area (Å²) in [5.41, 5.74) is 6.07. The predicted molar refractivity (Wildman–Crippen MR) is 48.0 cm³/mol. The van der Waals surface area contributed by atoms with Crippen molar-refractivity contribution in [1.82, 2.24) is 4.57 Å². The van der Waals surface area contributed by atoms with E-state index in [0.717, 1.165) is 0 Å². The zero-order chi connectivity index (χ0) is 7.56. The third-order valence-corrected chi connectivity index (χ3v) is 1.35. The molecule has 0 aliphatic heterocycles. The molecule has 0 radical (unpaired) electrons. The molecule has 1 heterocycles. The van der Waals surface area contributed by atoms with Crippen molar-refractivity contribution in [3.8, 4) is 0 Å². The Balaban J connectivity index is 0.000001000. The summed E-state index contributed by atoms with van der Waals surface area (Å²) in [7, 11) is 0. The van der Waals surface area contributed by atoms with Gasteiger partial charge in [0, 0.05) is 24.5 Å². The van der Waals surface area contributed by atoms with E-state index in [2.05, 4.69) is 0 Å². The van der Waals surface area contributed by atoms with E-state index < -0.39 is 0 Å². The molecule has 0 spiro atoms. The summed E-state index contributed by atoms with van der Waals surface area (Å²) < 4.78 is 1.56. The number of halogens is 1. The number of nitrogen functional groups attached to an aromatic ring is 1. The van der Waals surface area contributed by atoms with Crippen molar-refractivity contribution in [2.75, 3.05) is 5.73 Å². The van der Waals surface area contributed by atoms with E-state index in [-0.39, 0.29) is 18.0 Å². The van der Waals surface area contributed by atoms with Crippen molar-refractivity contribution in [1.29, 1.82) is 0 Å². The highest BCUT2D eigenvalue weighted by Crippen LogP contribution is 1.94. The number of anilines is 1. The van der Waals surface area contributed by atoms with Crippen molar-refractivity contribution in [3.05, 3.63) is 28.7 Å². The number of nitrogens with zero attached hydrogens (tertiary/aromatic N) is 1. The van der Waals surface area contributed by atoms with Gasteiger partial charge in [0.2, 0.25) is 0 Å². The van der Waals surface area contributed by atoms with Gasteiger partial charge in [0.05, 0.1) is 0 Å². The number of hydrogen-bond acceptors (Lipinski definition) is 2. The Hall–Kier alpha value is -0.960. The molecular formula is C7H11ClN2O. The van der Waals surface area contributed by atoms with Crippen LogP contribution in [-0.2, 0) is 6.54 Å². The van der Waals surface area contributed by atoms with Crippen LogP contribution in [-0.4, -0.2) is 4.57 Å². The molecule has 0 saturated carbocycles. The van der Waals surface area contributed by atoms with Crippen LogP contribution in [0.2, 0.25) is 0 Å². The van der Waals surface area contributed by atoms with Crippen LogP contribution in [0.3, 0.4) is 0 Å². The van der Waals surface area contributed by atoms with Crippen LogP contribution in [0.4, 0.5) is 5.69 Å². The van der Waals surface area contributed by atoms with Crippen molar-refractivity contribution < 1.29 is 0 Å². The summed E-state index contributed by atoms with van der Waals surface area (Å²) in [6.07, 6.45) is 1.64. The molecule has 0 aromatic carbocycles. The maximum absolute atomic E-state index is 10.9. The Labute approximate surface area is 71.2 Å². The lowest BCUT2D eigenvalue weighted by Crippen LogP contribution is -2.17. The largest absolute Gasteiger partial charge is 0.398 e. The van der Waals surface area contributed by atoms with E-state index in [9.17, 15) is 4.79 Å². The number of hydrogen-bond donors (Lipinski definition) is 1. The summed E-state index contributed by atoms with van der Waals surface area (Å²) >= 11 is 0. The summed E-state index contributed by atoms with van der Waals surface area (Å²) in [5, 5.41) is 0. The Bertz CT molecular complexity index is 282. The normalized spacial score (nSPS) is 8.82. The minimum atomic E-state index is -0.00306. The molecule has 1 aromatic rings. The second-order valence-electron chi connectivity index (χ2n) is 2.09. The number of pyridine rings is 1. The van der Waals surface area contributed by atoms with Crippen LogP contribution in [0.25, 0.3) is 0 Å². The van der Waals surface area contributed by atoms with Gasteiger partial charge >= 0.3 is 0 Å². The Morgan fingerprint density at radius 3 is 2.64 bits per heavy atom. The molecule has 11 heavy (non-hydrogen) atoms. The third-order valence-electron chi connectivity index (χ3n) is 1.35. The minimum absolute atomic E-state index is 0. The summed E-state index contributed by atoms with van der Waals surface area (Å²) in [6.45, 7) is 2.57. The second kappa shape index (κ2) is 4.03. The fourth-order valence-electron chi connectivity index (χ4n) is 0.797. The molecule has 0 amide bonds. The molecule has 1 aromatic heterocycles. The highest BCUT2D eigenvalue weighted by Gasteiger charge is 1.90. The molecule has 0 fully saturated rings. The van der Waals surface area contributed by atoms with Crippen molar-refractivity contribution >= 4 is 18.1 Å². The highest BCUT2D eigenvalue weighted by atomic mass is 35.5. The predicted octanol–water partition coefficient (Wildman–Crippen LogP) is 0.872. The topological polar surface area (TPSA) is 48.0 Å². The van der Waals surface area contributed by atoms with Crippen LogP contribution >= 0.6 is 12.4 Å². The number of nitrogens with two attached hydrogens (primary N) is 1. The molecule has 0 unspecified atom stereocenters. The lowest BCUT2D eigenvalue weighted by molar-refractivity contribution is 0.729. The number of rotatable bonds is 1. The van der Waals surface area contributed by atoms with E-state index in [4.69, 9.17) is 5.73 Å². The van der Waals surface area contributed by atoms with Crippen LogP contribution in [0.15, 0.2) is 23.1 Å². The fraction of sp³-hybridized carbons (Fsp3) is 0.286. The lowest BCUT2D eigenvalue weighted by atomic mass is 10.4. The average Bonchev–Trinajstić information content (AvgIpc) is 1.94. The minimum Gasteiger partial charge on any atom is -0.398 e. The first-order valence-electron chi connectivity index (χ1n) is 3.20.